The molecule has 0 bridgehead atoms. The Morgan fingerprint density at radius 2 is 1.35 bits per heavy atom. The van der Waals surface area contributed by atoms with Crippen molar-refractivity contribution in [2.75, 3.05) is 33.8 Å². The number of ether oxygens (including phenoxy) is 2. The maximum atomic E-state index is 12.9. The molecule has 212 valence electrons. The molecular weight excluding hydrogens is 462 g/mol. The number of quaternary nitrogens is 1. The number of likely N-dealkylation sites (N-methyl/N-ethyl adjacent to an activating group) is 1. The van der Waals surface area contributed by atoms with Crippen molar-refractivity contribution in [3.05, 3.63) is 35.4 Å². The van der Waals surface area contributed by atoms with Crippen LogP contribution in [0, 0.1) is 5.41 Å². The van der Waals surface area contributed by atoms with Crippen molar-refractivity contribution < 1.29 is 23.5 Å². The summed E-state index contributed by atoms with van der Waals surface area (Å²) in [6, 6.07) is 7.97. The minimum Gasteiger partial charge on any atom is -0.461 e. The van der Waals surface area contributed by atoms with Gasteiger partial charge >= 0.3 is 11.9 Å². The summed E-state index contributed by atoms with van der Waals surface area (Å²) in [5.74, 6) is -0.338. The van der Waals surface area contributed by atoms with Crippen molar-refractivity contribution in [1.29, 1.82) is 0 Å². The second-order valence-electron chi connectivity index (χ2n) is 11.9. The maximum Gasteiger partial charge on any atom is 0.311 e. The van der Waals surface area contributed by atoms with E-state index in [0.29, 0.717) is 19.4 Å². The van der Waals surface area contributed by atoms with Crippen LogP contribution in [0.5, 0.6) is 0 Å². The van der Waals surface area contributed by atoms with Gasteiger partial charge in [0.05, 0.1) is 26.1 Å². The molecule has 0 atom stereocenters. The summed E-state index contributed by atoms with van der Waals surface area (Å²) in [5.41, 5.74) is 1.54. The summed E-state index contributed by atoms with van der Waals surface area (Å²) >= 11 is 0. The van der Waals surface area contributed by atoms with Crippen molar-refractivity contribution in [2.45, 2.75) is 118 Å². The first-order valence-corrected chi connectivity index (χ1v) is 14.8. The fourth-order valence-electron chi connectivity index (χ4n) is 4.47. The van der Waals surface area contributed by atoms with Gasteiger partial charge in [-0.2, -0.15) is 0 Å². The number of aryl methyl sites for hydroxylation is 1. The van der Waals surface area contributed by atoms with Gasteiger partial charge in [-0.05, 0) is 50.7 Å². The molecule has 0 amide bonds. The second kappa shape index (κ2) is 18.4. The molecule has 0 spiro atoms. The lowest BCUT2D eigenvalue weighted by Crippen LogP contribution is -2.43. The van der Waals surface area contributed by atoms with Crippen molar-refractivity contribution in [3.8, 4) is 0 Å². The number of esters is 2. The van der Waals surface area contributed by atoms with Crippen molar-refractivity contribution in [3.63, 3.8) is 0 Å². The average Bonchev–Trinajstić information content (AvgIpc) is 2.87. The van der Waals surface area contributed by atoms with Gasteiger partial charge in [-0.25, -0.2) is 0 Å². The zero-order valence-corrected chi connectivity index (χ0v) is 24.9. The Morgan fingerprint density at radius 1 is 0.784 bits per heavy atom. The molecule has 0 aromatic heterocycles. The highest BCUT2D eigenvalue weighted by molar-refractivity contribution is 5.75. The number of hydrogen-bond donors (Lipinski definition) is 0. The Labute approximate surface area is 227 Å². The van der Waals surface area contributed by atoms with E-state index in [1.54, 1.807) is 6.92 Å². The number of rotatable bonds is 21. The number of carbonyl (C=O) groups is 2. The Kier molecular flexibility index (Phi) is 16.5. The fourth-order valence-corrected chi connectivity index (χ4v) is 4.47. The van der Waals surface area contributed by atoms with Gasteiger partial charge in [-0.1, -0.05) is 89.5 Å². The van der Waals surface area contributed by atoms with Crippen LogP contribution in [-0.2, 0) is 32.1 Å². The first-order chi connectivity index (χ1) is 17.6. The Balaban J connectivity index is 2.30. The molecule has 0 aliphatic rings. The van der Waals surface area contributed by atoms with Gasteiger partial charge in [0.1, 0.15) is 19.8 Å². The standard InChI is InChI=1S/C32H56NO4/c1-7-9-10-11-12-13-14-15-16-19-24-33(5,6)25-26-36-31(35)32(3,4)23-22-28-20-17-18-21-29(28)27-37-30(34)8-2/h17-18,20-21H,7-16,19,22-27H2,1-6H3/q+1. The van der Waals surface area contributed by atoms with Gasteiger partial charge in [-0.15, -0.1) is 0 Å². The predicted molar refractivity (Wildman–Crippen MR) is 153 cm³/mol. The maximum absolute atomic E-state index is 12.9. The molecule has 1 rings (SSSR count). The van der Waals surface area contributed by atoms with Crippen molar-refractivity contribution in [2.24, 2.45) is 5.41 Å². The smallest absolute Gasteiger partial charge is 0.311 e. The molecule has 0 aliphatic heterocycles. The Bertz CT molecular complexity index is 772. The van der Waals surface area contributed by atoms with Gasteiger partial charge in [0.2, 0.25) is 0 Å². The number of nitrogens with zero attached hydrogens (tertiary/aromatic N) is 1. The number of benzene rings is 1. The van der Waals surface area contributed by atoms with E-state index in [2.05, 4.69) is 21.0 Å². The topological polar surface area (TPSA) is 52.6 Å². The Morgan fingerprint density at radius 3 is 1.95 bits per heavy atom. The molecule has 5 nitrogen and oxygen atoms in total. The quantitative estimate of drug-likeness (QED) is 0.0953. The first-order valence-electron chi connectivity index (χ1n) is 14.8. The van der Waals surface area contributed by atoms with Crippen LogP contribution in [0.1, 0.15) is 116 Å². The minimum absolute atomic E-state index is 0.138. The predicted octanol–water partition coefficient (Wildman–Crippen LogP) is 7.64. The SMILES string of the molecule is CCCCCCCCCCCC[N+](C)(C)CCOC(=O)C(C)(C)CCc1ccccc1COC(=O)CC. The van der Waals surface area contributed by atoms with E-state index in [1.165, 1.54) is 64.2 Å². The average molecular weight is 519 g/mol. The van der Waals surface area contributed by atoms with Crippen LogP contribution in [0.4, 0.5) is 0 Å². The molecule has 1 aromatic carbocycles. The summed E-state index contributed by atoms with van der Waals surface area (Å²) in [5, 5.41) is 0. The van der Waals surface area contributed by atoms with Crippen LogP contribution < -0.4 is 0 Å². The van der Waals surface area contributed by atoms with E-state index >= 15 is 0 Å². The Hall–Kier alpha value is -1.88. The summed E-state index contributed by atoms with van der Waals surface area (Å²) < 4.78 is 11.9. The lowest BCUT2D eigenvalue weighted by atomic mass is 9.85. The molecule has 5 heteroatoms. The molecule has 0 saturated heterocycles. The zero-order chi connectivity index (χ0) is 27.6. The molecular formula is C32H56NO4+. The van der Waals surface area contributed by atoms with Crippen LogP contribution in [0.2, 0.25) is 0 Å². The molecule has 0 aliphatic carbocycles. The van der Waals surface area contributed by atoms with E-state index in [4.69, 9.17) is 9.47 Å². The third-order valence-corrected chi connectivity index (χ3v) is 7.41. The third kappa shape index (κ3) is 15.2. The number of unbranched alkanes of at least 4 members (excludes halogenated alkanes) is 9. The number of carbonyl (C=O) groups excluding carboxylic acids is 2. The van der Waals surface area contributed by atoms with Gasteiger partial charge in [-0.3, -0.25) is 9.59 Å². The molecule has 0 heterocycles. The zero-order valence-electron chi connectivity index (χ0n) is 24.9. The summed E-state index contributed by atoms with van der Waals surface area (Å²) in [7, 11) is 4.46. The second-order valence-corrected chi connectivity index (χ2v) is 11.9. The molecule has 0 fully saturated rings. The largest absolute Gasteiger partial charge is 0.461 e. The van der Waals surface area contributed by atoms with Gasteiger partial charge in [0.25, 0.3) is 0 Å². The van der Waals surface area contributed by atoms with Gasteiger partial charge in [0, 0.05) is 6.42 Å². The van der Waals surface area contributed by atoms with E-state index in [0.717, 1.165) is 35.1 Å². The molecule has 0 radical (unpaired) electrons. The number of hydrogen-bond acceptors (Lipinski definition) is 4. The molecule has 1 aromatic rings. The van der Waals surface area contributed by atoms with Crippen LogP contribution >= 0.6 is 0 Å². The minimum atomic E-state index is -0.569. The third-order valence-electron chi connectivity index (χ3n) is 7.41. The van der Waals surface area contributed by atoms with Crippen LogP contribution in [0.3, 0.4) is 0 Å². The summed E-state index contributed by atoms with van der Waals surface area (Å²) in [6.07, 6.45) is 15.3. The lowest BCUT2D eigenvalue weighted by Gasteiger charge is -2.30. The molecule has 0 N–H and O–H groups in total. The summed E-state index contributed by atoms with van der Waals surface area (Å²) in [4.78, 5) is 24.4. The van der Waals surface area contributed by atoms with Gasteiger partial charge in [0.15, 0.2) is 0 Å². The van der Waals surface area contributed by atoms with Crippen LogP contribution in [-0.4, -0.2) is 50.2 Å². The van der Waals surface area contributed by atoms with Gasteiger partial charge < -0.3 is 14.0 Å². The van der Waals surface area contributed by atoms with E-state index in [-0.39, 0.29) is 18.5 Å². The van der Waals surface area contributed by atoms with Crippen molar-refractivity contribution >= 4 is 11.9 Å². The highest BCUT2D eigenvalue weighted by Gasteiger charge is 2.30. The first kappa shape index (κ1) is 33.1. The normalized spacial score (nSPS) is 11.9. The molecule has 0 saturated carbocycles. The molecule has 37 heavy (non-hydrogen) atoms. The highest BCUT2D eigenvalue weighted by Crippen LogP contribution is 2.26. The van der Waals surface area contributed by atoms with Crippen LogP contribution in [0.15, 0.2) is 24.3 Å². The van der Waals surface area contributed by atoms with Crippen molar-refractivity contribution in [1.82, 2.24) is 0 Å². The monoisotopic (exact) mass is 518 g/mol. The summed E-state index contributed by atoms with van der Waals surface area (Å²) in [6.45, 7) is 10.7. The van der Waals surface area contributed by atoms with E-state index < -0.39 is 5.41 Å². The van der Waals surface area contributed by atoms with E-state index in [1.807, 2.05) is 38.1 Å². The highest BCUT2D eigenvalue weighted by atomic mass is 16.5. The van der Waals surface area contributed by atoms with Crippen LogP contribution in [0.25, 0.3) is 0 Å². The lowest BCUT2D eigenvalue weighted by molar-refractivity contribution is -0.890. The fraction of sp³-hybridized carbons (Fsp3) is 0.750. The van der Waals surface area contributed by atoms with E-state index in [9.17, 15) is 9.59 Å². The molecule has 0 unspecified atom stereocenters.